The van der Waals surface area contributed by atoms with E-state index >= 15 is 0 Å². The Morgan fingerprint density at radius 2 is 1.94 bits per heavy atom. The standard InChI is InChI=1S/C24H23ClN4O3/c25-21-7-2-1-5-18(21)15-32-20-10-8-17(9-11-20)22-13-23(28-27-22)24(31)29-26-14-16-4-3-6-19(30)12-16/h1-12,14,22-23,27-28,30H,13,15H2,(H,29,31)/b26-14-. The summed E-state index contributed by atoms with van der Waals surface area (Å²) in [5, 5.41) is 14.1. The van der Waals surface area contributed by atoms with Crippen LogP contribution in [-0.4, -0.2) is 23.3 Å². The first-order chi connectivity index (χ1) is 15.6. The topological polar surface area (TPSA) is 95.0 Å². The fourth-order valence-corrected chi connectivity index (χ4v) is 3.56. The van der Waals surface area contributed by atoms with Gasteiger partial charge in [-0.2, -0.15) is 5.10 Å². The van der Waals surface area contributed by atoms with Crippen LogP contribution in [0, 0.1) is 0 Å². The van der Waals surface area contributed by atoms with Crippen molar-refractivity contribution < 1.29 is 14.6 Å². The average Bonchev–Trinajstić information content (AvgIpc) is 3.29. The fraction of sp³-hybridized carbons (Fsp3) is 0.167. The minimum Gasteiger partial charge on any atom is -0.508 e. The van der Waals surface area contributed by atoms with Gasteiger partial charge in [0.2, 0.25) is 0 Å². The molecule has 4 rings (SSSR count). The largest absolute Gasteiger partial charge is 0.508 e. The molecule has 0 aromatic heterocycles. The Bertz CT molecular complexity index is 1100. The molecule has 1 aliphatic heterocycles. The Balaban J connectivity index is 1.27. The number of nitrogens with zero attached hydrogens (tertiary/aromatic N) is 1. The third-order valence-corrected chi connectivity index (χ3v) is 5.48. The molecule has 1 fully saturated rings. The number of hydrogen-bond donors (Lipinski definition) is 4. The molecular formula is C24H23ClN4O3. The second-order valence-electron chi connectivity index (χ2n) is 7.41. The highest BCUT2D eigenvalue weighted by atomic mass is 35.5. The summed E-state index contributed by atoms with van der Waals surface area (Å²) >= 11 is 6.16. The number of halogens is 1. The van der Waals surface area contributed by atoms with Crippen LogP contribution in [0.25, 0.3) is 0 Å². The maximum absolute atomic E-state index is 12.4. The molecule has 0 bridgehead atoms. The van der Waals surface area contributed by atoms with Gasteiger partial charge in [-0.05, 0) is 47.9 Å². The van der Waals surface area contributed by atoms with E-state index in [0.29, 0.717) is 23.6 Å². The van der Waals surface area contributed by atoms with Gasteiger partial charge in [-0.15, -0.1) is 0 Å². The van der Waals surface area contributed by atoms with E-state index in [4.69, 9.17) is 16.3 Å². The number of phenols is 1. The van der Waals surface area contributed by atoms with Crippen molar-refractivity contribution in [1.29, 1.82) is 0 Å². The predicted molar refractivity (Wildman–Crippen MR) is 123 cm³/mol. The molecule has 3 aromatic carbocycles. The Labute approximate surface area is 191 Å². The highest BCUT2D eigenvalue weighted by Gasteiger charge is 2.30. The van der Waals surface area contributed by atoms with Crippen molar-refractivity contribution in [3.8, 4) is 11.5 Å². The summed E-state index contributed by atoms with van der Waals surface area (Å²) in [6, 6.07) is 21.5. The molecule has 2 atom stereocenters. The first-order valence-electron chi connectivity index (χ1n) is 10.2. The summed E-state index contributed by atoms with van der Waals surface area (Å²) in [5.41, 5.74) is 11.4. The van der Waals surface area contributed by atoms with Gasteiger partial charge in [0.1, 0.15) is 24.1 Å². The molecule has 0 aliphatic carbocycles. The third-order valence-electron chi connectivity index (χ3n) is 5.11. The van der Waals surface area contributed by atoms with Crippen molar-refractivity contribution in [3.05, 3.63) is 94.5 Å². The van der Waals surface area contributed by atoms with Crippen LogP contribution in [0.3, 0.4) is 0 Å². The minimum absolute atomic E-state index is 0.0154. The minimum atomic E-state index is -0.419. The molecule has 0 saturated carbocycles. The number of ether oxygens (including phenoxy) is 1. The number of aromatic hydroxyl groups is 1. The van der Waals surface area contributed by atoms with E-state index in [0.717, 1.165) is 16.9 Å². The van der Waals surface area contributed by atoms with Crippen LogP contribution in [0.5, 0.6) is 11.5 Å². The Morgan fingerprint density at radius 1 is 1.12 bits per heavy atom. The van der Waals surface area contributed by atoms with E-state index < -0.39 is 6.04 Å². The van der Waals surface area contributed by atoms with Crippen LogP contribution in [-0.2, 0) is 11.4 Å². The zero-order valence-corrected chi connectivity index (χ0v) is 17.9. The molecule has 8 heteroatoms. The highest BCUT2D eigenvalue weighted by molar-refractivity contribution is 6.31. The lowest BCUT2D eigenvalue weighted by Crippen LogP contribution is -2.41. The van der Waals surface area contributed by atoms with Gasteiger partial charge >= 0.3 is 0 Å². The van der Waals surface area contributed by atoms with Crippen LogP contribution in [0.1, 0.15) is 29.2 Å². The summed E-state index contributed by atoms with van der Waals surface area (Å²) in [6.45, 7) is 0.396. The second kappa shape index (κ2) is 10.3. The summed E-state index contributed by atoms with van der Waals surface area (Å²) in [4.78, 5) is 12.4. The Kier molecular flexibility index (Phi) is 7.01. The number of phenolic OH excluding ortho intramolecular Hbond substituents is 1. The van der Waals surface area contributed by atoms with Crippen molar-refractivity contribution in [2.45, 2.75) is 25.1 Å². The maximum atomic E-state index is 12.4. The molecule has 4 N–H and O–H groups in total. The van der Waals surface area contributed by atoms with Crippen molar-refractivity contribution >= 4 is 23.7 Å². The Morgan fingerprint density at radius 3 is 2.72 bits per heavy atom. The first-order valence-corrected chi connectivity index (χ1v) is 10.6. The number of amides is 1. The lowest BCUT2D eigenvalue weighted by Gasteiger charge is -2.12. The highest BCUT2D eigenvalue weighted by Crippen LogP contribution is 2.25. The molecule has 164 valence electrons. The molecule has 2 unspecified atom stereocenters. The quantitative estimate of drug-likeness (QED) is 0.325. The van der Waals surface area contributed by atoms with Gasteiger partial charge in [0.05, 0.1) is 6.21 Å². The second-order valence-corrected chi connectivity index (χ2v) is 7.82. The molecule has 0 radical (unpaired) electrons. The van der Waals surface area contributed by atoms with Crippen LogP contribution in [0.15, 0.2) is 77.9 Å². The van der Waals surface area contributed by atoms with Gasteiger partial charge in [0.25, 0.3) is 5.91 Å². The van der Waals surface area contributed by atoms with Crippen molar-refractivity contribution in [3.63, 3.8) is 0 Å². The van der Waals surface area contributed by atoms with E-state index in [1.54, 1.807) is 24.3 Å². The Hall–Kier alpha value is -3.39. The zero-order chi connectivity index (χ0) is 22.3. The van der Waals surface area contributed by atoms with E-state index in [2.05, 4.69) is 21.4 Å². The van der Waals surface area contributed by atoms with E-state index in [9.17, 15) is 9.90 Å². The third kappa shape index (κ3) is 5.64. The van der Waals surface area contributed by atoms with Crippen molar-refractivity contribution in [2.24, 2.45) is 5.10 Å². The molecule has 3 aromatic rings. The average molecular weight is 451 g/mol. The smallest absolute Gasteiger partial charge is 0.258 e. The van der Waals surface area contributed by atoms with Crippen molar-refractivity contribution in [2.75, 3.05) is 0 Å². The number of hydrazine groups is 1. The van der Waals surface area contributed by atoms with Gasteiger partial charge in [0, 0.05) is 16.6 Å². The summed E-state index contributed by atoms with van der Waals surface area (Å²) < 4.78 is 5.82. The summed E-state index contributed by atoms with van der Waals surface area (Å²) in [5.74, 6) is 0.649. The number of carbonyl (C=O) groups is 1. The molecule has 7 nitrogen and oxygen atoms in total. The number of nitrogens with one attached hydrogen (secondary N) is 3. The van der Waals surface area contributed by atoms with Gasteiger partial charge in [0.15, 0.2) is 0 Å². The van der Waals surface area contributed by atoms with Gasteiger partial charge in [-0.3, -0.25) is 4.79 Å². The van der Waals surface area contributed by atoms with Crippen LogP contribution >= 0.6 is 11.6 Å². The maximum Gasteiger partial charge on any atom is 0.258 e. The first kappa shape index (κ1) is 21.8. The van der Waals surface area contributed by atoms with Crippen molar-refractivity contribution in [1.82, 2.24) is 16.3 Å². The summed E-state index contributed by atoms with van der Waals surface area (Å²) in [7, 11) is 0. The molecule has 1 amide bonds. The molecule has 1 heterocycles. The fourth-order valence-electron chi connectivity index (χ4n) is 3.37. The number of rotatable bonds is 7. The van der Waals surface area contributed by atoms with Gasteiger partial charge < -0.3 is 9.84 Å². The van der Waals surface area contributed by atoms with Gasteiger partial charge in [-0.25, -0.2) is 16.3 Å². The molecular weight excluding hydrogens is 428 g/mol. The SMILES string of the molecule is O=C(N/N=C\c1cccc(O)c1)C1CC(c2ccc(OCc3ccccc3Cl)cc2)NN1. The monoisotopic (exact) mass is 450 g/mol. The van der Waals surface area contributed by atoms with Crippen LogP contribution in [0.4, 0.5) is 0 Å². The molecule has 1 saturated heterocycles. The van der Waals surface area contributed by atoms with E-state index in [-0.39, 0.29) is 17.7 Å². The summed E-state index contributed by atoms with van der Waals surface area (Å²) in [6.07, 6.45) is 2.06. The molecule has 32 heavy (non-hydrogen) atoms. The van der Waals surface area contributed by atoms with E-state index in [1.165, 1.54) is 6.21 Å². The molecule has 1 aliphatic rings. The van der Waals surface area contributed by atoms with Gasteiger partial charge in [-0.1, -0.05) is 54.1 Å². The normalized spacial score (nSPS) is 18.0. The number of hydrogen-bond acceptors (Lipinski definition) is 6. The number of benzene rings is 3. The molecule has 0 spiro atoms. The van der Waals surface area contributed by atoms with Crippen LogP contribution < -0.4 is 21.0 Å². The number of carbonyl (C=O) groups excluding carboxylic acids is 1. The number of hydrazone groups is 1. The zero-order valence-electron chi connectivity index (χ0n) is 17.2. The lowest BCUT2D eigenvalue weighted by molar-refractivity contribution is -0.122. The van der Waals surface area contributed by atoms with Crippen LogP contribution in [0.2, 0.25) is 5.02 Å². The lowest BCUT2D eigenvalue weighted by atomic mass is 10.0. The van der Waals surface area contributed by atoms with E-state index in [1.807, 2.05) is 48.5 Å². The predicted octanol–water partition coefficient (Wildman–Crippen LogP) is 3.68.